The Kier molecular flexibility index (Phi) is 4.16. The summed E-state index contributed by atoms with van der Waals surface area (Å²) in [7, 11) is 0. The van der Waals surface area contributed by atoms with Crippen molar-refractivity contribution in [2.45, 2.75) is 44.8 Å². The summed E-state index contributed by atoms with van der Waals surface area (Å²) >= 11 is 0. The van der Waals surface area contributed by atoms with E-state index in [0.29, 0.717) is 6.04 Å². The van der Waals surface area contributed by atoms with Gasteiger partial charge in [-0.15, -0.1) is 0 Å². The molecule has 1 fully saturated rings. The van der Waals surface area contributed by atoms with Crippen molar-refractivity contribution in [3.63, 3.8) is 0 Å². The molecule has 0 saturated carbocycles. The molecule has 0 bridgehead atoms. The third-order valence-electron chi connectivity index (χ3n) is 3.07. The summed E-state index contributed by atoms with van der Waals surface area (Å²) in [4.78, 5) is 0. The van der Waals surface area contributed by atoms with Crippen molar-refractivity contribution in [3.8, 4) is 0 Å². The lowest BCUT2D eigenvalue weighted by atomic mass is 9.89. The predicted molar refractivity (Wildman–Crippen MR) is 54.8 cm³/mol. The summed E-state index contributed by atoms with van der Waals surface area (Å²) < 4.78 is 0. The quantitative estimate of drug-likeness (QED) is 0.598. The topological polar surface area (TPSA) is 44.3 Å². The minimum absolute atomic E-state index is 0.443. The molecule has 1 aliphatic rings. The normalized spacial score (nSPS) is 24.7. The highest BCUT2D eigenvalue weighted by atomic mass is 16.3. The van der Waals surface area contributed by atoms with Crippen molar-refractivity contribution in [3.05, 3.63) is 0 Å². The first-order valence-electron chi connectivity index (χ1n) is 5.36. The monoisotopic (exact) mass is 186 g/mol. The average Bonchev–Trinajstić information content (AvgIpc) is 2.19. The van der Waals surface area contributed by atoms with Gasteiger partial charge in [0, 0.05) is 25.7 Å². The number of nitrogens with one attached hydrogen (secondary N) is 2. The first kappa shape index (κ1) is 11.0. The SMILES string of the molecule is CCC(O)(CC)CC1CNCCN1. The van der Waals surface area contributed by atoms with E-state index >= 15 is 0 Å². The van der Waals surface area contributed by atoms with Crippen LogP contribution in [0.25, 0.3) is 0 Å². The summed E-state index contributed by atoms with van der Waals surface area (Å²) in [6.45, 7) is 7.17. The largest absolute Gasteiger partial charge is 0.390 e. The second-order valence-electron chi connectivity index (χ2n) is 3.99. The van der Waals surface area contributed by atoms with E-state index in [1.807, 2.05) is 0 Å². The van der Waals surface area contributed by atoms with Crippen LogP contribution in [0.4, 0.5) is 0 Å². The van der Waals surface area contributed by atoms with Crippen LogP contribution in [0.15, 0.2) is 0 Å². The van der Waals surface area contributed by atoms with Crippen LogP contribution in [0.5, 0.6) is 0 Å². The molecule has 1 aliphatic heterocycles. The smallest absolute Gasteiger partial charge is 0.0657 e. The number of piperazine rings is 1. The molecular weight excluding hydrogens is 164 g/mol. The van der Waals surface area contributed by atoms with Crippen molar-refractivity contribution in [1.29, 1.82) is 0 Å². The molecule has 13 heavy (non-hydrogen) atoms. The molecule has 78 valence electrons. The van der Waals surface area contributed by atoms with Gasteiger partial charge in [0.2, 0.25) is 0 Å². The maximum atomic E-state index is 10.1. The van der Waals surface area contributed by atoms with Gasteiger partial charge in [-0.05, 0) is 19.3 Å². The van der Waals surface area contributed by atoms with Crippen LogP contribution in [0.1, 0.15) is 33.1 Å². The third-order valence-corrected chi connectivity index (χ3v) is 3.07. The van der Waals surface area contributed by atoms with E-state index in [4.69, 9.17) is 0 Å². The average molecular weight is 186 g/mol. The fraction of sp³-hybridized carbons (Fsp3) is 1.00. The second-order valence-corrected chi connectivity index (χ2v) is 3.99. The Morgan fingerprint density at radius 1 is 1.31 bits per heavy atom. The lowest BCUT2D eigenvalue weighted by Crippen LogP contribution is -2.51. The zero-order valence-corrected chi connectivity index (χ0v) is 8.77. The van der Waals surface area contributed by atoms with Crippen LogP contribution in [0.3, 0.4) is 0 Å². The molecule has 0 aromatic heterocycles. The lowest BCUT2D eigenvalue weighted by molar-refractivity contribution is 0.0125. The summed E-state index contributed by atoms with van der Waals surface area (Å²) in [5.74, 6) is 0. The molecule has 1 atom stereocenters. The van der Waals surface area contributed by atoms with E-state index in [1.54, 1.807) is 0 Å². The van der Waals surface area contributed by atoms with Gasteiger partial charge in [-0.3, -0.25) is 0 Å². The maximum absolute atomic E-state index is 10.1. The fourth-order valence-electron chi connectivity index (χ4n) is 1.85. The summed E-state index contributed by atoms with van der Waals surface area (Å²) in [5.41, 5.74) is -0.462. The Hall–Kier alpha value is -0.120. The second kappa shape index (κ2) is 4.94. The van der Waals surface area contributed by atoms with Crippen molar-refractivity contribution in [1.82, 2.24) is 10.6 Å². The van der Waals surface area contributed by atoms with E-state index in [1.165, 1.54) is 0 Å². The van der Waals surface area contributed by atoms with Crippen LogP contribution in [-0.4, -0.2) is 36.4 Å². The molecule has 0 spiro atoms. The molecular formula is C10H22N2O. The first-order chi connectivity index (χ1) is 6.20. The van der Waals surface area contributed by atoms with Crippen molar-refractivity contribution in [2.75, 3.05) is 19.6 Å². The molecule has 1 heterocycles. The van der Waals surface area contributed by atoms with Gasteiger partial charge in [-0.25, -0.2) is 0 Å². The Labute approximate surface area is 80.9 Å². The summed E-state index contributed by atoms with van der Waals surface area (Å²) in [6.07, 6.45) is 2.57. The number of hydrogen-bond donors (Lipinski definition) is 3. The Balaban J connectivity index is 2.35. The van der Waals surface area contributed by atoms with E-state index in [9.17, 15) is 5.11 Å². The zero-order valence-electron chi connectivity index (χ0n) is 8.77. The van der Waals surface area contributed by atoms with Crippen LogP contribution in [-0.2, 0) is 0 Å². The molecule has 3 heteroatoms. The first-order valence-corrected chi connectivity index (χ1v) is 5.36. The minimum atomic E-state index is -0.462. The standard InChI is InChI=1S/C10H22N2O/c1-3-10(13,4-2)7-9-8-11-5-6-12-9/h9,11-13H,3-8H2,1-2H3. The van der Waals surface area contributed by atoms with Gasteiger partial charge in [-0.2, -0.15) is 0 Å². The summed E-state index contributed by atoms with van der Waals surface area (Å²) in [5, 5.41) is 16.9. The van der Waals surface area contributed by atoms with Crippen molar-refractivity contribution < 1.29 is 5.11 Å². The third kappa shape index (κ3) is 3.25. The molecule has 0 aromatic rings. The maximum Gasteiger partial charge on any atom is 0.0657 e. The Morgan fingerprint density at radius 3 is 2.46 bits per heavy atom. The lowest BCUT2D eigenvalue weighted by Gasteiger charge is -2.33. The van der Waals surface area contributed by atoms with Gasteiger partial charge in [0.15, 0.2) is 0 Å². The summed E-state index contributed by atoms with van der Waals surface area (Å²) in [6, 6.07) is 0.443. The van der Waals surface area contributed by atoms with E-state index in [-0.39, 0.29) is 0 Å². The highest BCUT2D eigenvalue weighted by molar-refractivity contribution is 4.85. The predicted octanol–water partition coefficient (Wildman–Crippen LogP) is 0.489. The Bertz CT molecular complexity index is 140. The molecule has 0 amide bonds. The van der Waals surface area contributed by atoms with Gasteiger partial charge in [0.1, 0.15) is 0 Å². The highest BCUT2D eigenvalue weighted by Gasteiger charge is 2.27. The Morgan fingerprint density at radius 2 is 2.00 bits per heavy atom. The van der Waals surface area contributed by atoms with Crippen LogP contribution in [0.2, 0.25) is 0 Å². The number of aliphatic hydroxyl groups is 1. The fourth-order valence-corrected chi connectivity index (χ4v) is 1.85. The van der Waals surface area contributed by atoms with Gasteiger partial charge in [0.25, 0.3) is 0 Å². The van der Waals surface area contributed by atoms with Gasteiger partial charge < -0.3 is 15.7 Å². The minimum Gasteiger partial charge on any atom is -0.390 e. The number of rotatable bonds is 4. The van der Waals surface area contributed by atoms with Gasteiger partial charge in [0.05, 0.1) is 5.60 Å². The molecule has 1 unspecified atom stereocenters. The molecule has 3 N–H and O–H groups in total. The highest BCUT2D eigenvalue weighted by Crippen LogP contribution is 2.21. The molecule has 0 radical (unpaired) electrons. The van der Waals surface area contributed by atoms with E-state index < -0.39 is 5.60 Å². The van der Waals surface area contributed by atoms with Gasteiger partial charge in [-0.1, -0.05) is 13.8 Å². The van der Waals surface area contributed by atoms with Crippen molar-refractivity contribution in [2.24, 2.45) is 0 Å². The van der Waals surface area contributed by atoms with Crippen molar-refractivity contribution >= 4 is 0 Å². The molecule has 1 rings (SSSR count). The zero-order chi connectivity index (χ0) is 9.73. The van der Waals surface area contributed by atoms with Crippen LogP contribution >= 0.6 is 0 Å². The number of hydrogen-bond acceptors (Lipinski definition) is 3. The van der Waals surface area contributed by atoms with E-state index in [2.05, 4.69) is 24.5 Å². The molecule has 1 saturated heterocycles. The molecule has 3 nitrogen and oxygen atoms in total. The van der Waals surface area contributed by atoms with Gasteiger partial charge >= 0.3 is 0 Å². The van der Waals surface area contributed by atoms with E-state index in [0.717, 1.165) is 38.9 Å². The van der Waals surface area contributed by atoms with Crippen LogP contribution in [0, 0.1) is 0 Å². The van der Waals surface area contributed by atoms with Crippen LogP contribution < -0.4 is 10.6 Å². The molecule has 0 aromatic carbocycles. The molecule has 0 aliphatic carbocycles.